The van der Waals surface area contributed by atoms with E-state index in [0.29, 0.717) is 6.54 Å². The van der Waals surface area contributed by atoms with E-state index in [0.717, 1.165) is 40.3 Å². The highest BCUT2D eigenvalue weighted by Gasteiger charge is 2.15. The van der Waals surface area contributed by atoms with E-state index >= 15 is 0 Å². The summed E-state index contributed by atoms with van der Waals surface area (Å²) in [6.45, 7) is 2.83. The van der Waals surface area contributed by atoms with Gasteiger partial charge in [0.2, 0.25) is 0 Å². The second kappa shape index (κ2) is 5.39. The van der Waals surface area contributed by atoms with Gasteiger partial charge in [0.25, 0.3) is 0 Å². The smallest absolute Gasteiger partial charge is 0.143 e. The molecule has 6 nitrogen and oxygen atoms in total. The topological polar surface area (TPSA) is 75.2 Å². The van der Waals surface area contributed by atoms with Gasteiger partial charge in [-0.25, -0.2) is 9.97 Å². The van der Waals surface area contributed by atoms with E-state index in [4.69, 9.17) is 4.74 Å². The molecule has 3 heterocycles. The molecule has 1 aliphatic heterocycles. The molecular formula is C17H17N5O. The van der Waals surface area contributed by atoms with Crippen molar-refractivity contribution in [3.05, 3.63) is 41.3 Å². The highest BCUT2D eigenvalue weighted by Crippen LogP contribution is 2.34. The van der Waals surface area contributed by atoms with Crippen LogP contribution in [-0.2, 0) is 13.0 Å². The lowest BCUT2D eigenvalue weighted by atomic mass is 10.1. The third-order valence-electron chi connectivity index (χ3n) is 4.14. The SMILES string of the molecule is CCc1c[nH]c2ncnc(Nc3cc4c(cc3OC)CN=C4)c12. The quantitative estimate of drug-likeness (QED) is 0.776. The molecule has 4 rings (SSSR count). The summed E-state index contributed by atoms with van der Waals surface area (Å²) in [5.74, 6) is 1.57. The van der Waals surface area contributed by atoms with Crippen molar-refractivity contribution in [3.8, 4) is 5.75 Å². The Kier molecular flexibility index (Phi) is 3.22. The van der Waals surface area contributed by atoms with Crippen molar-refractivity contribution >= 4 is 28.8 Å². The fourth-order valence-corrected chi connectivity index (χ4v) is 2.93. The average Bonchev–Trinajstić information content (AvgIpc) is 3.20. The molecule has 0 aliphatic carbocycles. The van der Waals surface area contributed by atoms with Crippen LogP contribution >= 0.6 is 0 Å². The van der Waals surface area contributed by atoms with Crippen LogP contribution in [0.1, 0.15) is 23.6 Å². The van der Waals surface area contributed by atoms with E-state index in [1.807, 2.05) is 18.5 Å². The minimum atomic E-state index is 0.710. The Morgan fingerprint density at radius 3 is 3.04 bits per heavy atom. The van der Waals surface area contributed by atoms with Crippen molar-refractivity contribution in [2.45, 2.75) is 19.9 Å². The maximum absolute atomic E-state index is 5.52. The van der Waals surface area contributed by atoms with E-state index in [2.05, 4.69) is 38.3 Å². The number of H-pyrrole nitrogens is 1. The Balaban J connectivity index is 1.82. The Bertz CT molecular complexity index is 913. The Morgan fingerprint density at radius 1 is 1.30 bits per heavy atom. The van der Waals surface area contributed by atoms with E-state index in [-0.39, 0.29) is 0 Å². The number of anilines is 2. The summed E-state index contributed by atoms with van der Waals surface area (Å²) in [7, 11) is 1.67. The van der Waals surface area contributed by atoms with E-state index < -0.39 is 0 Å². The van der Waals surface area contributed by atoms with Gasteiger partial charge in [-0.1, -0.05) is 6.92 Å². The summed E-state index contributed by atoms with van der Waals surface area (Å²) in [6.07, 6.45) is 6.35. The highest BCUT2D eigenvalue weighted by atomic mass is 16.5. The van der Waals surface area contributed by atoms with E-state index in [1.54, 1.807) is 13.4 Å². The number of ether oxygens (including phenoxy) is 1. The molecule has 1 aliphatic rings. The zero-order chi connectivity index (χ0) is 15.8. The number of hydrogen-bond donors (Lipinski definition) is 2. The van der Waals surface area contributed by atoms with Crippen LogP contribution in [0.2, 0.25) is 0 Å². The van der Waals surface area contributed by atoms with Crippen LogP contribution in [0, 0.1) is 0 Å². The van der Waals surface area contributed by atoms with E-state index in [9.17, 15) is 0 Å². The molecule has 0 fully saturated rings. The van der Waals surface area contributed by atoms with Gasteiger partial charge >= 0.3 is 0 Å². The number of nitrogens with one attached hydrogen (secondary N) is 2. The van der Waals surface area contributed by atoms with Crippen LogP contribution in [0.4, 0.5) is 11.5 Å². The number of nitrogens with zero attached hydrogens (tertiary/aromatic N) is 3. The maximum Gasteiger partial charge on any atom is 0.143 e. The monoisotopic (exact) mass is 307 g/mol. The summed E-state index contributed by atoms with van der Waals surface area (Å²) in [5, 5.41) is 4.42. The minimum Gasteiger partial charge on any atom is -0.495 e. The largest absolute Gasteiger partial charge is 0.495 e. The molecule has 2 N–H and O–H groups in total. The molecule has 6 heteroatoms. The molecule has 23 heavy (non-hydrogen) atoms. The number of fused-ring (bicyclic) bond motifs is 2. The van der Waals surface area contributed by atoms with Crippen LogP contribution in [0.25, 0.3) is 11.0 Å². The highest BCUT2D eigenvalue weighted by molar-refractivity contribution is 5.94. The van der Waals surface area contributed by atoms with Crippen molar-refractivity contribution in [2.75, 3.05) is 12.4 Å². The van der Waals surface area contributed by atoms with Gasteiger partial charge in [-0.15, -0.1) is 0 Å². The third kappa shape index (κ3) is 2.23. The average molecular weight is 307 g/mol. The van der Waals surface area contributed by atoms with Gasteiger partial charge in [0.15, 0.2) is 0 Å². The van der Waals surface area contributed by atoms with Crippen LogP contribution in [0.5, 0.6) is 5.75 Å². The molecule has 0 spiro atoms. The van der Waals surface area contributed by atoms with Crippen LogP contribution in [0.3, 0.4) is 0 Å². The van der Waals surface area contributed by atoms with Crippen molar-refractivity contribution in [3.63, 3.8) is 0 Å². The molecule has 0 radical (unpaired) electrons. The second-order valence-corrected chi connectivity index (χ2v) is 5.46. The molecular weight excluding hydrogens is 290 g/mol. The lowest BCUT2D eigenvalue weighted by Crippen LogP contribution is -2.00. The predicted octanol–water partition coefficient (Wildman–Crippen LogP) is 3.21. The number of methoxy groups -OCH3 is 1. The first-order valence-corrected chi connectivity index (χ1v) is 7.59. The Hall–Kier alpha value is -2.89. The zero-order valence-electron chi connectivity index (χ0n) is 13.1. The summed E-state index contributed by atoms with van der Waals surface area (Å²) in [5.41, 5.74) is 5.19. The van der Waals surface area contributed by atoms with E-state index in [1.165, 1.54) is 11.1 Å². The number of aliphatic imine (C=N–C) groups is 1. The van der Waals surface area contributed by atoms with Gasteiger partial charge in [-0.2, -0.15) is 0 Å². The first kappa shape index (κ1) is 13.8. The third-order valence-corrected chi connectivity index (χ3v) is 4.14. The minimum absolute atomic E-state index is 0.710. The number of aromatic nitrogens is 3. The summed E-state index contributed by atoms with van der Waals surface area (Å²) >= 11 is 0. The molecule has 0 bridgehead atoms. The van der Waals surface area contributed by atoms with Gasteiger partial charge in [0.05, 0.1) is 24.7 Å². The molecule has 3 aromatic rings. The lowest BCUT2D eigenvalue weighted by molar-refractivity contribution is 0.416. The van der Waals surface area contributed by atoms with Crippen LogP contribution < -0.4 is 10.1 Å². The predicted molar refractivity (Wildman–Crippen MR) is 90.8 cm³/mol. The molecule has 1 aromatic carbocycles. The van der Waals surface area contributed by atoms with Crippen molar-refractivity contribution in [1.82, 2.24) is 15.0 Å². The lowest BCUT2D eigenvalue weighted by Gasteiger charge is -2.13. The van der Waals surface area contributed by atoms with Gasteiger partial charge in [0, 0.05) is 12.4 Å². The van der Waals surface area contributed by atoms with Crippen molar-refractivity contribution < 1.29 is 4.74 Å². The summed E-state index contributed by atoms with van der Waals surface area (Å²) in [4.78, 5) is 16.2. The Morgan fingerprint density at radius 2 is 2.22 bits per heavy atom. The van der Waals surface area contributed by atoms with Gasteiger partial charge in [-0.05, 0) is 35.2 Å². The number of hydrogen-bond acceptors (Lipinski definition) is 5. The fraction of sp³-hybridized carbons (Fsp3) is 0.235. The first-order valence-electron chi connectivity index (χ1n) is 7.59. The molecule has 0 saturated heterocycles. The number of rotatable bonds is 4. The molecule has 0 atom stereocenters. The fourth-order valence-electron chi connectivity index (χ4n) is 2.93. The number of aromatic amines is 1. The number of aryl methyl sites for hydroxylation is 1. The summed E-state index contributed by atoms with van der Waals surface area (Å²) in [6, 6.07) is 4.08. The molecule has 2 aromatic heterocycles. The maximum atomic E-state index is 5.52. The summed E-state index contributed by atoms with van der Waals surface area (Å²) < 4.78 is 5.52. The second-order valence-electron chi connectivity index (χ2n) is 5.46. The molecule has 0 amide bonds. The van der Waals surface area contributed by atoms with Crippen LogP contribution in [0.15, 0.2) is 29.6 Å². The zero-order valence-corrected chi connectivity index (χ0v) is 13.1. The number of benzene rings is 1. The Labute approximate surface area is 133 Å². The molecule has 0 saturated carbocycles. The first-order chi connectivity index (χ1) is 11.3. The van der Waals surface area contributed by atoms with Crippen molar-refractivity contribution in [2.24, 2.45) is 4.99 Å². The normalized spacial score (nSPS) is 12.6. The van der Waals surface area contributed by atoms with Gasteiger partial charge in [-0.3, -0.25) is 4.99 Å². The van der Waals surface area contributed by atoms with Crippen LogP contribution in [-0.4, -0.2) is 28.3 Å². The van der Waals surface area contributed by atoms with Gasteiger partial charge in [0.1, 0.15) is 23.5 Å². The molecule has 0 unspecified atom stereocenters. The van der Waals surface area contributed by atoms with Crippen molar-refractivity contribution in [1.29, 1.82) is 0 Å². The molecule has 116 valence electrons. The standard InChI is InChI=1S/C17H17N5O/c1-3-10-8-19-16-15(10)17(21-9-20-16)22-13-4-11-6-18-7-12(11)5-14(13)23-2/h4-6,8-9H,3,7H2,1-2H3,(H2,19,20,21,22). The van der Waals surface area contributed by atoms with Gasteiger partial charge < -0.3 is 15.0 Å².